The maximum atomic E-state index is 4.47. The lowest BCUT2D eigenvalue weighted by Gasteiger charge is -2.10. The van der Waals surface area contributed by atoms with Crippen molar-refractivity contribution in [3.05, 3.63) is 34.9 Å². The predicted molar refractivity (Wildman–Crippen MR) is 68.8 cm³/mol. The summed E-state index contributed by atoms with van der Waals surface area (Å²) in [5, 5.41) is 0. The van der Waals surface area contributed by atoms with E-state index < -0.39 is 0 Å². The summed E-state index contributed by atoms with van der Waals surface area (Å²) in [7, 11) is 0. The Kier molecular flexibility index (Phi) is 5.92. The lowest BCUT2D eigenvalue weighted by molar-refractivity contribution is 0.668. The van der Waals surface area contributed by atoms with Gasteiger partial charge >= 0.3 is 0 Å². The summed E-state index contributed by atoms with van der Waals surface area (Å²) < 4.78 is 0.931. The van der Waals surface area contributed by atoms with Crippen LogP contribution in [0, 0.1) is 6.42 Å². The van der Waals surface area contributed by atoms with Gasteiger partial charge in [-0.05, 0) is 46.8 Å². The van der Waals surface area contributed by atoms with Gasteiger partial charge in [0.25, 0.3) is 0 Å². The van der Waals surface area contributed by atoms with Gasteiger partial charge < -0.3 is 0 Å². The van der Waals surface area contributed by atoms with Crippen LogP contribution in [0.5, 0.6) is 0 Å². The molecule has 0 saturated heterocycles. The fraction of sp³-hybridized carbons (Fsp3) is 0.538. The third-order valence-electron chi connectivity index (χ3n) is 2.52. The largest absolute Gasteiger partial charge is 0.246 e. The smallest absolute Gasteiger partial charge is 0.106 e. The molecular formula is C13H19BrN. The fourth-order valence-electron chi connectivity index (χ4n) is 1.54. The highest BCUT2D eigenvalue weighted by molar-refractivity contribution is 9.10. The minimum absolute atomic E-state index is 0.527. The first kappa shape index (κ1) is 12.7. The highest BCUT2D eigenvalue weighted by Gasteiger charge is 2.06. The highest BCUT2D eigenvalue weighted by atomic mass is 79.9. The van der Waals surface area contributed by atoms with Gasteiger partial charge in [-0.1, -0.05) is 39.2 Å². The number of pyridine rings is 1. The Morgan fingerprint density at radius 3 is 2.93 bits per heavy atom. The molecule has 0 saturated carbocycles. The van der Waals surface area contributed by atoms with Crippen molar-refractivity contribution < 1.29 is 0 Å². The molecule has 1 atom stereocenters. The first-order chi connectivity index (χ1) is 7.24. The van der Waals surface area contributed by atoms with Crippen molar-refractivity contribution in [2.24, 2.45) is 0 Å². The Morgan fingerprint density at radius 2 is 2.27 bits per heavy atom. The van der Waals surface area contributed by atoms with E-state index in [9.17, 15) is 0 Å². The minimum atomic E-state index is 0.527. The van der Waals surface area contributed by atoms with Crippen LogP contribution in [-0.2, 0) is 0 Å². The zero-order valence-corrected chi connectivity index (χ0v) is 11.1. The zero-order valence-electron chi connectivity index (χ0n) is 9.54. The van der Waals surface area contributed by atoms with Crippen LogP contribution in [-0.4, -0.2) is 4.98 Å². The van der Waals surface area contributed by atoms with Crippen molar-refractivity contribution in [2.75, 3.05) is 0 Å². The Labute approximate surface area is 101 Å². The fourth-order valence-corrected chi connectivity index (χ4v) is 1.89. The van der Waals surface area contributed by atoms with Crippen molar-refractivity contribution in [3.8, 4) is 0 Å². The Morgan fingerprint density at radius 1 is 1.47 bits per heavy atom. The summed E-state index contributed by atoms with van der Waals surface area (Å²) in [5.74, 6) is 0.527. The zero-order chi connectivity index (χ0) is 11.1. The summed E-state index contributed by atoms with van der Waals surface area (Å²) in [4.78, 5) is 4.47. The Balaban J connectivity index is 2.36. The molecule has 0 spiro atoms. The summed E-state index contributed by atoms with van der Waals surface area (Å²) in [5.41, 5.74) is 1.18. The molecular weight excluding hydrogens is 250 g/mol. The average Bonchev–Trinajstić information content (AvgIpc) is 2.24. The second kappa shape index (κ2) is 7.00. The molecule has 0 aliphatic heterocycles. The first-order valence-corrected chi connectivity index (χ1v) is 6.47. The lowest BCUT2D eigenvalue weighted by Crippen LogP contribution is -1.97. The van der Waals surface area contributed by atoms with Gasteiger partial charge in [-0.25, -0.2) is 4.98 Å². The summed E-state index contributed by atoms with van der Waals surface area (Å²) in [6.45, 7) is 4.46. The minimum Gasteiger partial charge on any atom is -0.246 e. The van der Waals surface area contributed by atoms with Crippen molar-refractivity contribution in [1.82, 2.24) is 4.98 Å². The first-order valence-electron chi connectivity index (χ1n) is 5.68. The van der Waals surface area contributed by atoms with E-state index in [0.717, 1.165) is 11.0 Å². The van der Waals surface area contributed by atoms with Gasteiger partial charge in [0.05, 0.1) is 0 Å². The van der Waals surface area contributed by atoms with Crippen LogP contribution in [0.25, 0.3) is 0 Å². The maximum Gasteiger partial charge on any atom is 0.106 e. The summed E-state index contributed by atoms with van der Waals surface area (Å²) >= 11 is 3.40. The molecule has 1 radical (unpaired) electrons. The van der Waals surface area contributed by atoms with Gasteiger partial charge in [0, 0.05) is 5.69 Å². The van der Waals surface area contributed by atoms with Crippen LogP contribution in [0.4, 0.5) is 0 Å². The van der Waals surface area contributed by atoms with Gasteiger partial charge in [-0.3, -0.25) is 0 Å². The highest BCUT2D eigenvalue weighted by Crippen LogP contribution is 2.21. The van der Waals surface area contributed by atoms with E-state index in [1.807, 2.05) is 6.07 Å². The standard InChI is InChI=1S/C13H19BrN/c1-3-4-5-6-8-11(2)12-9-7-10-13(14)15-12/h6-7,9-11H,3-5,8H2,1-2H3. The maximum absolute atomic E-state index is 4.47. The summed E-state index contributed by atoms with van der Waals surface area (Å²) in [6, 6.07) is 6.12. The molecule has 0 aromatic carbocycles. The molecule has 0 amide bonds. The van der Waals surface area contributed by atoms with E-state index >= 15 is 0 Å². The van der Waals surface area contributed by atoms with Crippen molar-refractivity contribution in [3.63, 3.8) is 0 Å². The molecule has 0 aliphatic rings. The number of unbranched alkanes of at least 4 members (excludes halogenated alkanes) is 3. The molecule has 0 aliphatic carbocycles. The van der Waals surface area contributed by atoms with Crippen LogP contribution < -0.4 is 0 Å². The number of aromatic nitrogens is 1. The molecule has 1 heterocycles. The quantitative estimate of drug-likeness (QED) is 0.537. The van der Waals surface area contributed by atoms with Crippen LogP contribution in [0.15, 0.2) is 22.8 Å². The van der Waals surface area contributed by atoms with Crippen LogP contribution in [0.1, 0.15) is 51.1 Å². The van der Waals surface area contributed by atoms with E-state index in [0.29, 0.717) is 5.92 Å². The second-order valence-corrected chi connectivity index (χ2v) is 4.77. The average molecular weight is 269 g/mol. The topological polar surface area (TPSA) is 12.9 Å². The van der Waals surface area contributed by atoms with E-state index in [1.54, 1.807) is 0 Å². The summed E-state index contributed by atoms with van der Waals surface area (Å²) in [6.07, 6.45) is 7.33. The SMILES string of the molecule is CCCC[CH]CC(C)c1cccc(Br)n1. The number of nitrogens with zero attached hydrogens (tertiary/aromatic N) is 1. The Bertz CT molecular complexity index is 286. The monoisotopic (exact) mass is 268 g/mol. The van der Waals surface area contributed by atoms with Gasteiger partial charge in [-0.15, -0.1) is 0 Å². The molecule has 1 rings (SSSR count). The van der Waals surface area contributed by atoms with E-state index in [-0.39, 0.29) is 0 Å². The van der Waals surface area contributed by atoms with Crippen molar-refractivity contribution in [2.45, 2.75) is 45.4 Å². The molecule has 83 valence electrons. The van der Waals surface area contributed by atoms with Gasteiger partial charge in [0.2, 0.25) is 0 Å². The lowest BCUT2D eigenvalue weighted by atomic mass is 9.99. The molecule has 1 unspecified atom stereocenters. The third-order valence-corrected chi connectivity index (χ3v) is 2.97. The van der Waals surface area contributed by atoms with Crippen LogP contribution in [0.3, 0.4) is 0 Å². The number of hydrogen-bond donors (Lipinski definition) is 0. The molecule has 0 fully saturated rings. The van der Waals surface area contributed by atoms with E-state index in [1.165, 1.54) is 25.0 Å². The second-order valence-electron chi connectivity index (χ2n) is 3.95. The normalized spacial score (nSPS) is 12.7. The van der Waals surface area contributed by atoms with Crippen LogP contribution in [0.2, 0.25) is 0 Å². The van der Waals surface area contributed by atoms with Crippen LogP contribution >= 0.6 is 15.9 Å². The molecule has 0 bridgehead atoms. The van der Waals surface area contributed by atoms with Crippen molar-refractivity contribution >= 4 is 15.9 Å². The van der Waals surface area contributed by atoms with E-state index in [2.05, 4.69) is 53.3 Å². The van der Waals surface area contributed by atoms with Gasteiger partial charge in [0.15, 0.2) is 0 Å². The van der Waals surface area contributed by atoms with Gasteiger partial charge in [-0.2, -0.15) is 0 Å². The van der Waals surface area contributed by atoms with Crippen molar-refractivity contribution in [1.29, 1.82) is 0 Å². The molecule has 15 heavy (non-hydrogen) atoms. The molecule has 1 aromatic rings. The molecule has 1 nitrogen and oxygen atoms in total. The third kappa shape index (κ3) is 4.78. The molecule has 2 heteroatoms. The van der Waals surface area contributed by atoms with Gasteiger partial charge in [0.1, 0.15) is 4.60 Å². The predicted octanol–water partition coefficient (Wildman–Crippen LogP) is 4.73. The number of rotatable bonds is 6. The molecule has 1 aromatic heterocycles. The number of hydrogen-bond acceptors (Lipinski definition) is 1. The van der Waals surface area contributed by atoms with E-state index in [4.69, 9.17) is 0 Å². The Hall–Kier alpha value is -0.370. The number of halogens is 1. The molecule has 0 N–H and O–H groups in total.